The summed E-state index contributed by atoms with van der Waals surface area (Å²) in [5.74, 6) is -2.56. The minimum Gasteiger partial charge on any atom is -0.481 e. The van der Waals surface area contributed by atoms with E-state index in [-0.39, 0.29) is 29.5 Å². The van der Waals surface area contributed by atoms with Crippen LogP contribution in [0, 0.1) is 18.6 Å². The third kappa shape index (κ3) is 3.16. The van der Waals surface area contributed by atoms with Gasteiger partial charge in [-0.15, -0.1) is 0 Å². The van der Waals surface area contributed by atoms with E-state index >= 15 is 0 Å². The summed E-state index contributed by atoms with van der Waals surface area (Å²) in [6.45, 7) is 1.55. The Morgan fingerprint density at radius 2 is 1.90 bits per heavy atom. The highest BCUT2D eigenvalue weighted by atomic mass is 19.1. The number of carboxylic acids is 1. The second-order valence-electron chi connectivity index (χ2n) is 4.64. The van der Waals surface area contributed by atoms with E-state index < -0.39 is 17.6 Å². The largest absolute Gasteiger partial charge is 0.481 e. The molecule has 21 heavy (non-hydrogen) atoms. The average Bonchev–Trinajstić information content (AvgIpc) is 2.39. The summed E-state index contributed by atoms with van der Waals surface area (Å²) >= 11 is 0. The summed E-state index contributed by atoms with van der Waals surface area (Å²) < 4.78 is 28.9. The Balaban J connectivity index is 2.56. The first kappa shape index (κ1) is 14.9. The Morgan fingerprint density at radius 1 is 1.29 bits per heavy atom. The number of hydrogen-bond donors (Lipinski definition) is 1. The van der Waals surface area contributed by atoms with Crippen LogP contribution in [0.15, 0.2) is 35.3 Å². The number of pyridine rings is 1. The van der Waals surface area contributed by atoms with Gasteiger partial charge in [-0.3, -0.25) is 9.59 Å². The summed E-state index contributed by atoms with van der Waals surface area (Å²) in [4.78, 5) is 22.4. The number of para-hydroxylation sites is 1. The number of rotatable bonds is 4. The van der Waals surface area contributed by atoms with Crippen molar-refractivity contribution in [3.63, 3.8) is 0 Å². The maximum atomic E-state index is 13.8. The van der Waals surface area contributed by atoms with Crippen molar-refractivity contribution < 1.29 is 18.7 Å². The van der Waals surface area contributed by atoms with E-state index in [1.54, 1.807) is 6.92 Å². The minimum absolute atomic E-state index is 0.00448. The van der Waals surface area contributed by atoms with Gasteiger partial charge in [0, 0.05) is 29.9 Å². The van der Waals surface area contributed by atoms with Crippen LogP contribution in [0.25, 0.3) is 5.69 Å². The molecule has 0 aliphatic carbocycles. The number of carbonyl (C=O) groups is 1. The van der Waals surface area contributed by atoms with Crippen molar-refractivity contribution in [2.45, 2.75) is 19.8 Å². The van der Waals surface area contributed by atoms with E-state index in [1.807, 2.05) is 0 Å². The van der Waals surface area contributed by atoms with Crippen LogP contribution in [0.4, 0.5) is 8.78 Å². The Hall–Kier alpha value is -2.50. The van der Waals surface area contributed by atoms with Crippen LogP contribution in [-0.2, 0) is 11.2 Å². The lowest BCUT2D eigenvalue weighted by molar-refractivity contribution is -0.136. The lowest BCUT2D eigenvalue weighted by Crippen LogP contribution is -2.16. The van der Waals surface area contributed by atoms with Gasteiger partial charge >= 0.3 is 5.97 Å². The maximum Gasteiger partial charge on any atom is 0.303 e. The van der Waals surface area contributed by atoms with Crippen molar-refractivity contribution >= 4 is 5.97 Å². The number of aryl methyl sites for hydroxylation is 2. The molecule has 6 heteroatoms. The van der Waals surface area contributed by atoms with Crippen LogP contribution >= 0.6 is 0 Å². The monoisotopic (exact) mass is 293 g/mol. The normalized spacial score (nSPS) is 10.6. The third-order valence-electron chi connectivity index (χ3n) is 3.11. The number of carboxylic acid groups (broad SMARTS) is 1. The molecule has 0 saturated heterocycles. The molecule has 0 radical (unpaired) electrons. The topological polar surface area (TPSA) is 59.3 Å². The maximum absolute atomic E-state index is 13.8. The smallest absolute Gasteiger partial charge is 0.303 e. The highest BCUT2D eigenvalue weighted by Crippen LogP contribution is 2.19. The van der Waals surface area contributed by atoms with Crippen LogP contribution in [0.3, 0.4) is 0 Å². The average molecular weight is 293 g/mol. The summed E-state index contributed by atoms with van der Waals surface area (Å²) in [6.07, 6.45) is 1.07. The van der Waals surface area contributed by atoms with Gasteiger partial charge < -0.3 is 9.67 Å². The van der Waals surface area contributed by atoms with Gasteiger partial charge in [0.15, 0.2) is 5.43 Å². The Labute approximate surface area is 119 Å². The van der Waals surface area contributed by atoms with Crippen molar-refractivity contribution in [3.05, 3.63) is 63.6 Å². The molecule has 0 amide bonds. The minimum atomic E-state index is -1.04. The van der Waals surface area contributed by atoms with E-state index in [9.17, 15) is 18.4 Å². The first-order valence-electron chi connectivity index (χ1n) is 6.28. The molecule has 2 rings (SSSR count). The van der Waals surface area contributed by atoms with Gasteiger partial charge in [0.1, 0.15) is 17.3 Å². The van der Waals surface area contributed by atoms with Crippen LogP contribution in [0.1, 0.15) is 17.7 Å². The lowest BCUT2D eigenvalue weighted by atomic mass is 10.1. The molecule has 1 N–H and O–H groups in total. The summed E-state index contributed by atoms with van der Waals surface area (Å²) in [6, 6.07) is 4.72. The van der Waals surface area contributed by atoms with Gasteiger partial charge in [0.25, 0.3) is 0 Å². The molecule has 0 unspecified atom stereocenters. The van der Waals surface area contributed by atoms with Crippen molar-refractivity contribution in [3.8, 4) is 5.69 Å². The fourth-order valence-corrected chi connectivity index (χ4v) is 2.06. The number of nitrogens with zero attached hydrogens (tertiary/aromatic N) is 1. The number of aromatic nitrogens is 1. The lowest BCUT2D eigenvalue weighted by Gasteiger charge is -2.14. The fourth-order valence-electron chi connectivity index (χ4n) is 2.06. The van der Waals surface area contributed by atoms with E-state index in [0.29, 0.717) is 5.69 Å². The number of halogens is 2. The van der Waals surface area contributed by atoms with Gasteiger partial charge in [0.05, 0.1) is 0 Å². The molecule has 0 aliphatic heterocycles. The van der Waals surface area contributed by atoms with E-state index in [0.717, 1.165) is 12.1 Å². The zero-order chi connectivity index (χ0) is 15.6. The zero-order valence-corrected chi connectivity index (χ0v) is 11.3. The second kappa shape index (κ2) is 5.87. The van der Waals surface area contributed by atoms with E-state index in [4.69, 9.17) is 5.11 Å². The summed E-state index contributed by atoms with van der Waals surface area (Å²) in [5.41, 5.74) is -0.0675. The number of hydrogen-bond acceptors (Lipinski definition) is 2. The highest BCUT2D eigenvalue weighted by Gasteiger charge is 2.14. The third-order valence-corrected chi connectivity index (χ3v) is 3.11. The van der Waals surface area contributed by atoms with Gasteiger partial charge in [-0.25, -0.2) is 8.78 Å². The van der Waals surface area contributed by atoms with Crippen molar-refractivity contribution in [1.29, 1.82) is 0 Å². The Morgan fingerprint density at radius 3 is 2.48 bits per heavy atom. The number of benzene rings is 1. The van der Waals surface area contributed by atoms with Gasteiger partial charge in [0.2, 0.25) is 0 Å². The predicted octanol–water partition coefficient (Wildman–Crippen LogP) is 2.44. The molecule has 1 heterocycles. The van der Waals surface area contributed by atoms with Crippen LogP contribution in [0.5, 0.6) is 0 Å². The first-order valence-corrected chi connectivity index (χ1v) is 6.28. The molecule has 0 spiro atoms. The molecule has 110 valence electrons. The van der Waals surface area contributed by atoms with E-state index in [2.05, 4.69) is 0 Å². The molecule has 0 aliphatic rings. The molecule has 2 aromatic rings. The molecule has 0 saturated carbocycles. The van der Waals surface area contributed by atoms with Gasteiger partial charge in [-0.1, -0.05) is 6.07 Å². The summed E-state index contributed by atoms with van der Waals surface area (Å²) in [7, 11) is 0. The standard InChI is InChI=1S/C15H13F2NO3/c1-9-7-13(19)10(5-6-14(20)21)8-18(9)15-11(16)3-2-4-12(15)17/h2-4,7-8H,5-6H2,1H3,(H,20,21). The second-order valence-corrected chi connectivity index (χ2v) is 4.64. The molecule has 0 atom stereocenters. The first-order chi connectivity index (χ1) is 9.90. The van der Waals surface area contributed by atoms with Crippen LogP contribution in [-0.4, -0.2) is 15.6 Å². The summed E-state index contributed by atoms with van der Waals surface area (Å²) in [5, 5.41) is 8.67. The van der Waals surface area contributed by atoms with Crippen molar-refractivity contribution in [2.75, 3.05) is 0 Å². The molecule has 4 nitrogen and oxygen atoms in total. The zero-order valence-electron chi connectivity index (χ0n) is 11.3. The molecular weight excluding hydrogens is 280 g/mol. The van der Waals surface area contributed by atoms with Crippen LogP contribution < -0.4 is 5.43 Å². The van der Waals surface area contributed by atoms with Gasteiger partial charge in [-0.2, -0.15) is 0 Å². The molecule has 1 aromatic carbocycles. The Kier molecular flexibility index (Phi) is 4.16. The van der Waals surface area contributed by atoms with E-state index in [1.165, 1.54) is 22.9 Å². The number of aliphatic carboxylic acids is 1. The van der Waals surface area contributed by atoms with Crippen molar-refractivity contribution in [1.82, 2.24) is 4.57 Å². The Bertz CT molecular complexity index is 733. The quantitative estimate of drug-likeness (QED) is 0.942. The van der Waals surface area contributed by atoms with Crippen LogP contribution in [0.2, 0.25) is 0 Å². The molecule has 1 aromatic heterocycles. The predicted molar refractivity (Wildman–Crippen MR) is 72.6 cm³/mol. The molecule has 0 bridgehead atoms. The SMILES string of the molecule is Cc1cc(=O)c(CCC(=O)O)cn1-c1c(F)cccc1F. The highest BCUT2D eigenvalue weighted by molar-refractivity contribution is 5.67. The van der Waals surface area contributed by atoms with Gasteiger partial charge in [-0.05, 0) is 25.5 Å². The molecule has 0 fully saturated rings. The fraction of sp³-hybridized carbons (Fsp3) is 0.200. The molecular formula is C15H13F2NO3. The van der Waals surface area contributed by atoms with Crippen molar-refractivity contribution in [2.24, 2.45) is 0 Å².